The Morgan fingerprint density at radius 2 is 2.15 bits per heavy atom. The van der Waals surface area contributed by atoms with Crippen LogP contribution in [0.15, 0.2) is 29.4 Å². The molecule has 3 heterocycles. The average molecular weight is 484 g/mol. The Bertz CT molecular complexity index is 1210. The van der Waals surface area contributed by atoms with Gasteiger partial charge in [0.25, 0.3) is 0 Å². The van der Waals surface area contributed by atoms with Gasteiger partial charge in [0, 0.05) is 17.0 Å². The summed E-state index contributed by atoms with van der Waals surface area (Å²) in [5, 5.41) is 22.3. The highest BCUT2D eigenvalue weighted by molar-refractivity contribution is 7.99. The van der Waals surface area contributed by atoms with Crippen molar-refractivity contribution in [2.75, 3.05) is 17.7 Å². The average Bonchev–Trinajstić information content (AvgIpc) is 3.59. The number of hydrogen-bond acceptors (Lipinski definition) is 7. The van der Waals surface area contributed by atoms with Gasteiger partial charge in [0.2, 0.25) is 5.91 Å². The number of nitriles is 1. The predicted octanol–water partition coefficient (Wildman–Crippen LogP) is 4.42. The number of aryl methyl sites for hydroxylation is 1. The zero-order valence-electron chi connectivity index (χ0n) is 17.8. The maximum atomic E-state index is 13.4. The maximum absolute atomic E-state index is 13.4. The molecular weight excluding hydrogens is 461 g/mol. The molecule has 10 heteroatoms. The van der Waals surface area contributed by atoms with Gasteiger partial charge in [-0.05, 0) is 61.9 Å². The van der Waals surface area contributed by atoms with Crippen molar-refractivity contribution in [2.45, 2.75) is 49.9 Å². The van der Waals surface area contributed by atoms with E-state index in [9.17, 15) is 14.4 Å². The minimum atomic E-state index is -0.313. The fourth-order valence-electron chi connectivity index (χ4n) is 4.27. The number of carbonyl (C=O) groups excluding carboxylic acids is 1. The summed E-state index contributed by atoms with van der Waals surface area (Å²) in [5.41, 5.74) is 2.45. The standard InChI is InChI=1S/C23H22FN5O2S2/c24-15-8-6-14(7-9-15)21-27-28-23(29(21)12-16-3-2-10-31-16)32-13-20(30)26-22-18(11-25)17-4-1-5-19(17)33-22/h6-9,16H,1-5,10,12-13H2,(H,26,30). The summed E-state index contributed by atoms with van der Waals surface area (Å²) in [6.07, 6.45) is 4.95. The molecule has 1 atom stereocenters. The number of rotatable bonds is 7. The molecule has 5 rings (SSSR count). The second-order valence-electron chi connectivity index (χ2n) is 8.07. The van der Waals surface area contributed by atoms with Gasteiger partial charge in [0.05, 0.1) is 24.0 Å². The van der Waals surface area contributed by atoms with Gasteiger partial charge in [-0.15, -0.1) is 21.5 Å². The molecule has 1 aromatic carbocycles. The Hall–Kier alpha value is -2.74. The highest BCUT2D eigenvalue weighted by Crippen LogP contribution is 2.38. The number of amides is 1. The van der Waals surface area contributed by atoms with Crippen LogP contribution in [0.5, 0.6) is 0 Å². The highest BCUT2D eigenvalue weighted by Gasteiger charge is 2.25. The Labute approximate surface area is 199 Å². The van der Waals surface area contributed by atoms with Crippen molar-refractivity contribution in [2.24, 2.45) is 0 Å². The van der Waals surface area contributed by atoms with E-state index in [0.717, 1.165) is 49.8 Å². The number of halogens is 1. The van der Waals surface area contributed by atoms with E-state index in [0.29, 0.717) is 28.1 Å². The van der Waals surface area contributed by atoms with Gasteiger partial charge >= 0.3 is 0 Å². The van der Waals surface area contributed by atoms with E-state index in [-0.39, 0.29) is 23.6 Å². The molecule has 1 amide bonds. The second kappa shape index (κ2) is 9.63. The van der Waals surface area contributed by atoms with E-state index in [4.69, 9.17) is 4.74 Å². The molecule has 2 aliphatic rings. The van der Waals surface area contributed by atoms with Gasteiger partial charge in [0.1, 0.15) is 16.9 Å². The molecule has 0 saturated carbocycles. The van der Waals surface area contributed by atoms with E-state index in [1.165, 1.54) is 40.1 Å². The first-order chi connectivity index (χ1) is 16.1. The van der Waals surface area contributed by atoms with Crippen LogP contribution in [0.4, 0.5) is 9.39 Å². The second-order valence-corrected chi connectivity index (χ2v) is 10.1. The van der Waals surface area contributed by atoms with Crippen molar-refractivity contribution in [3.05, 3.63) is 46.1 Å². The Kier molecular flexibility index (Phi) is 6.44. The third-order valence-corrected chi connectivity index (χ3v) is 8.02. The minimum absolute atomic E-state index is 0.0556. The number of aromatic nitrogens is 3. The van der Waals surface area contributed by atoms with Crippen molar-refractivity contribution in [3.63, 3.8) is 0 Å². The monoisotopic (exact) mass is 483 g/mol. The molecule has 3 aromatic rings. The van der Waals surface area contributed by atoms with Crippen LogP contribution >= 0.6 is 23.1 Å². The van der Waals surface area contributed by atoms with Crippen LogP contribution in [0.3, 0.4) is 0 Å². The first kappa shape index (κ1) is 22.1. The molecule has 1 N–H and O–H groups in total. The summed E-state index contributed by atoms with van der Waals surface area (Å²) in [6, 6.07) is 8.39. The molecular formula is C23H22FN5O2S2. The first-order valence-electron chi connectivity index (χ1n) is 10.9. The Balaban J connectivity index is 1.32. The topological polar surface area (TPSA) is 92.8 Å². The number of nitrogens with one attached hydrogen (secondary N) is 1. The van der Waals surface area contributed by atoms with Crippen LogP contribution < -0.4 is 5.32 Å². The summed E-state index contributed by atoms with van der Waals surface area (Å²) in [6.45, 7) is 1.30. The highest BCUT2D eigenvalue weighted by atomic mass is 32.2. The number of thiophene rings is 1. The summed E-state index contributed by atoms with van der Waals surface area (Å²) in [4.78, 5) is 13.9. The minimum Gasteiger partial charge on any atom is -0.376 e. The number of hydrogen-bond donors (Lipinski definition) is 1. The molecule has 0 radical (unpaired) electrons. The normalized spacial score (nSPS) is 17.2. The Morgan fingerprint density at radius 1 is 1.30 bits per heavy atom. The zero-order valence-corrected chi connectivity index (χ0v) is 19.5. The Morgan fingerprint density at radius 3 is 2.91 bits per heavy atom. The molecule has 1 fully saturated rings. The molecule has 1 aliphatic heterocycles. The lowest BCUT2D eigenvalue weighted by molar-refractivity contribution is -0.113. The van der Waals surface area contributed by atoms with Gasteiger partial charge < -0.3 is 10.1 Å². The van der Waals surface area contributed by atoms with Crippen molar-refractivity contribution in [3.8, 4) is 17.5 Å². The van der Waals surface area contributed by atoms with Crippen LogP contribution in [-0.2, 0) is 28.9 Å². The van der Waals surface area contributed by atoms with Gasteiger partial charge in [0.15, 0.2) is 11.0 Å². The fraction of sp³-hybridized carbons (Fsp3) is 0.391. The third kappa shape index (κ3) is 4.67. The molecule has 0 spiro atoms. The van der Waals surface area contributed by atoms with Crippen molar-refractivity contribution < 1.29 is 13.9 Å². The van der Waals surface area contributed by atoms with Crippen molar-refractivity contribution in [1.82, 2.24) is 14.8 Å². The van der Waals surface area contributed by atoms with Crippen LogP contribution in [0.2, 0.25) is 0 Å². The lowest BCUT2D eigenvalue weighted by atomic mass is 10.1. The fourth-order valence-corrected chi connectivity index (χ4v) is 6.27. The number of benzene rings is 1. The van der Waals surface area contributed by atoms with Gasteiger partial charge in [-0.1, -0.05) is 11.8 Å². The number of fused-ring (bicyclic) bond motifs is 1. The van der Waals surface area contributed by atoms with Gasteiger partial charge in [-0.3, -0.25) is 9.36 Å². The van der Waals surface area contributed by atoms with Crippen LogP contribution in [-0.4, -0.2) is 39.1 Å². The lowest BCUT2D eigenvalue weighted by Gasteiger charge is -2.14. The van der Waals surface area contributed by atoms with Gasteiger partial charge in [-0.2, -0.15) is 5.26 Å². The summed E-state index contributed by atoms with van der Waals surface area (Å²) in [5.74, 6) is 0.258. The molecule has 7 nitrogen and oxygen atoms in total. The van der Waals surface area contributed by atoms with Gasteiger partial charge in [-0.25, -0.2) is 4.39 Å². The predicted molar refractivity (Wildman–Crippen MR) is 125 cm³/mol. The summed E-state index contributed by atoms with van der Waals surface area (Å²) < 4.78 is 21.1. The molecule has 2 aromatic heterocycles. The molecule has 0 bridgehead atoms. The summed E-state index contributed by atoms with van der Waals surface area (Å²) in [7, 11) is 0. The van der Waals surface area contributed by atoms with E-state index in [1.807, 2.05) is 4.57 Å². The first-order valence-corrected chi connectivity index (χ1v) is 12.7. The number of thioether (sulfide) groups is 1. The van der Waals surface area contributed by atoms with E-state index < -0.39 is 0 Å². The van der Waals surface area contributed by atoms with E-state index in [2.05, 4.69) is 21.6 Å². The van der Waals surface area contributed by atoms with Crippen molar-refractivity contribution >= 4 is 34.0 Å². The largest absolute Gasteiger partial charge is 0.376 e. The molecule has 1 aliphatic carbocycles. The molecule has 33 heavy (non-hydrogen) atoms. The summed E-state index contributed by atoms with van der Waals surface area (Å²) >= 11 is 2.80. The maximum Gasteiger partial charge on any atom is 0.235 e. The number of ether oxygens (including phenoxy) is 1. The van der Waals surface area contributed by atoms with Crippen LogP contribution in [0.25, 0.3) is 11.4 Å². The zero-order chi connectivity index (χ0) is 22.8. The van der Waals surface area contributed by atoms with E-state index in [1.54, 1.807) is 12.1 Å². The van der Waals surface area contributed by atoms with Crippen LogP contribution in [0, 0.1) is 17.1 Å². The van der Waals surface area contributed by atoms with Crippen molar-refractivity contribution in [1.29, 1.82) is 5.26 Å². The lowest BCUT2D eigenvalue weighted by Crippen LogP contribution is -2.18. The number of anilines is 1. The van der Waals surface area contributed by atoms with Crippen LogP contribution in [0.1, 0.15) is 35.3 Å². The SMILES string of the molecule is N#Cc1c(NC(=O)CSc2nnc(-c3ccc(F)cc3)n2CC2CCCO2)sc2c1CCC2. The van der Waals surface area contributed by atoms with E-state index >= 15 is 0 Å². The molecule has 170 valence electrons. The number of carbonyl (C=O) groups is 1. The smallest absolute Gasteiger partial charge is 0.235 e. The quantitative estimate of drug-likeness (QED) is 0.500. The molecule has 1 saturated heterocycles. The number of nitrogens with zero attached hydrogens (tertiary/aromatic N) is 4. The molecule has 1 unspecified atom stereocenters. The third-order valence-electron chi connectivity index (χ3n) is 5.85.